The number of amides is 2. The van der Waals surface area contributed by atoms with Gasteiger partial charge < -0.3 is 10.1 Å². The number of carbonyl (C=O) groups excluding carboxylic acids is 2. The molecule has 0 radical (unpaired) electrons. The van der Waals surface area contributed by atoms with E-state index < -0.39 is 5.37 Å². The normalized spacial score (nSPS) is 15.9. The van der Waals surface area contributed by atoms with Crippen LogP contribution < -0.4 is 10.1 Å². The maximum Gasteiger partial charge on any atom is 0.241 e. The summed E-state index contributed by atoms with van der Waals surface area (Å²) in [6.45, 7) is 5.23. The minimum Gasteiger partial charge on any atom is -0.489 e. The van der Waals surface area contributed by atoms with Gasteiger partial charge >= 0.3 is 0 Å². The lowest BCUT2D eigenvalue weighted by Gasteiger charge is -2.22. The van der Waals surface area contributed by atoms with Crippen LogP contribution in [0.1, 0.15) is 35.9 Å². The number of hydrogen-bond acceptors (Lipinski definition) is 5. The van der Waals surface area contributed by atoms with E-state index in [4.69, 9.17) is 16.3 Å². The van der Waals surface area contributed by atoms with E-state index >= 15 is 0 Å². The van der Waals surface area contributed by atoms with Crippen LogP contribution in [0.25, 0.3) is 0 Å². The molecular formula is C20H20ClN3O3S. The molecule has 0 spiro atoms. The molecule has 3 rings (SSSR count). The predicted molar refractivity (Wildman–Crippen MR) is 111 cm³/mol. The summed E-state index contributed by atoms with van der Waals surface area (Å²) >= 11 is 7.46. The molecule has 8 heteroatoms. The van der Waals surface area contributed by atoms with E-state index in [2.05, 4.69) is 10.4 Å². The van der Waals surface area contributed by atoms with Gasteiger partial charge in [0.05, 0.1) is 0 Å². The third-order valence-electron chi connectivity index (χ3n) is 4.00. The van der Waals surface area contributed by atoms with Gasteiger partial charge in [0.15, 0.2) is 5.17 Å². The average Bonchev–Trinajstić information content (AvgIpc) is 3.05. The number of amidine groups is 1. The van der Waals surface area contributed by atoms with Gasteiger partial charge in [-0.2, -0.15) is 0 Å². The van der Waals surface area contributed by atoms with Crippen LogP contribution in [0.2, 0.25) is 5.02 Å². The van der Waals surface area contributed by atoms with Crippen molar-refractivity contribution in [3.8, 4) is 5.75 Å². The van der Waals surface area contributed by atoms with E-state index in [-0.39, 0.29) is 11.8 Å². The second-order valence-electron chi connectivity index (χ2n) is 6.38. The van der Waals surface area contributed by atoms with Crippen LogP contribution in [0.3, 0.4) is 0 Å². The summed E-state index contributed by atoms with van der Waals surface area (Å²) in [5.41, 5.74) is 2.92. The Hall–Kier alpha value is -2.51. The minimum absolute atomic E-state index is 0.248. The molecule has 1 aliphatic heterocycles. The Kier molecular flexibility index (Phi) is 6.26. The van der Waals surface area contributed by atoms with Gasteiger partial charge in [-0.25, -0.2) is 5.01 Å². The Morgan fingerprint density at radius 2 is 1.93 bits per heavy atom. The highest BCUT2D eigenvalue weighted by Gasteiger charge is 2.34. The number of thioether (sulfide) groups is 1. The summed E-state index contributed by atoms with van der Waals surface area (Å²) in [5.74, 6) is 0.104. The largest absolute Gasteiger partial charge is 0.489 e. The second-order valence-corrected chi connectivity index (χ2v) is 7.88. The fourth-order valence-electron chi connectivity index (χ4n) is 2.65. The monoisotopic (exact) mass is 417 g/mol. The summed E-state index contributed by atoms with van der Waals surface area (Å²) in [6, 6.07) is 13.3. The third-order valence-corrected chi connectivity index (χ3v) is 5.32. The number of benzene rings is 2. The molecule has 0 aromatic heterocycles. The number of halogens is 1. The lowest BCUT2D eigenvalue weighted by molar-refractivity contribution is -0.129. The number of hydrazone groups is 1. The highest BCUT2D eigenvalue weighted by molar-refractivity contribution is 8.14. The maximum absolute atomic E-state index is 12.1. The Labute approximate surface area is 172 Å². The highest BCUT2D eigenvalue weighted by Crippen LogP contribution is 2.43. The number of aryl methyl sites for hydroxylation is 1. The van der Waals surface area contributed by atoms with Crippen molar-refractivity contribution in [2.45, 2.75) is 32.8 Å². The Balaban J connectivity index is 1.86. The highest BCUT2D eigenvalue weighted by atomic mass is 35.5. The number of nitrogens with one attached hydrogen (secondary N) is 1. The molecule has 0 saturated heterocycles. The van der Waals surface area contributed by atoms with Gasteiger partial charge in [-0.1, -0.05) is 53.2 Å². The molecule has 2 aromatic rings. The number of nitrogens with zero attached hydrogens (tertiary/aromatic N) is 2. The summed E-state index contributed by atoms with van der Waals surface area (Å²) in [7, 11) is 0. The molecule has 6 nitrogen and oxygen atoms in total. The van der Waals surface area contributed by atoms with Crippen LogP contribution >= 0.6 is 23.4 Å². The molecule has 0 saturated carbocycles. The fraction of sp³-hybridized carbons (Fsp3) is 0.250. The van der Waals surface area contributed by atoms with Crippen molar-refractivity contribution in [1.82, 2.24) is 10.3 Å². The van der Waals surface area contributed by atoms with Crippen molar-refractivity contribution in [2.75, 3.05) is 0 Å². The van der Waals surface area contributed by atoms with Gasteiger partial charge in [0.1, 0.15) is 17.7 Å². The molecule has 2 aromatic carbocycles. The van der Waals surface area contributed by atoms with E-state index in [0.717, 1.165) is 5.56 Å². The number of carbonyl (C=O) groups is 2. The first-order chi connectivity index (χ1) is 13.3. The molecule has 28 heavy (non-hydrogen) atoms. The SMILES string of the molecule is CC(=O)NC1=NN(C(C)=O)[C@H](c2cc(Cl)ccc2OCc2ccc(C)cc2)S1. The van der Waals surface area contributed by atoms with Crippen molar-refractivity contribution >= 4 is 40.3 Å². The number of hydrogen-bond donors (Lipinski definition) is 1. The molecule has 146 valence electrons. The van der Waals surface area contributed by atoms with E-state index in [9.17, 15) is 9.59 Å². The third kappa shape index (κ3) is 4.85. The summed E-state index contributed by atoms with van der Waals surface area (Å²) in [4.78, 5) is 23.5. The van der Waals surface area contributed by atoms with Crippen molar-refractivity contribution in [3.63, 3.8) is 0 Å². The Morgan fingerprint density at radius 1 is 1.21 bits per heavy atom. The van der Waals surface area contributed by atoms with E-state index in [1.54, 1.807) is 18.2 Å². The zero-order valence-electron chi connectivity index (χ0n) is 15.7. The molecule has 0 aliphatic carbocycles. The molecule has 1 N–H and O–H groups in total. The van der Waals surface area contributed by atoms with Crippen molar-refractivity contribution < 1.29 is 14.3 Å². The summed E-state index contributed by atoms with van der Waals surface area (Å²) < 4.78 is 6.03. The first-order valence-corrected chi connectivity index (χ1v) is 9.89. The molecule has 0 unspecified atom stereocenters. The van der Waals surface area contributed by atoms with Gasteiger partial charge in [0.25, 0.3) is 0 Å². The van der Waals surface area contributed by atoms with Crippen LogP contribution in [-0.4, -0.2) is 22.0 Å². The molecule has 0 fully saturated rings. The van der Waals surface area contributed by atoms with E-state index in [1.807, 2.05) is 31.2 Å². The summed E-state index contributed by atoms with van der Waals surface area (Å²) in [6.07, 6.45) is 0. The van der Waals surface area contributed by atoms with E-state index in [1.165, 1.54) is 36.2 Å². The van der Waals surface area contributed by atoms with Crippen LogP contribution in [0.5, 0.6) is 5.75 Å². The first-order valence-electron chi connectivity index (χ1n) is 8.64. The van der Waals surface area contributed by atoms with Gasteiger partial charge in [0.2, 0.25) is 11.8 Å². The predicted octanol–water partition coefficient (Wildman–Crippen LogP) is 4.23. The maximum atomic E-state index is 12.1. The second kappa shape index (κ2) is 8.67. The van der Waals surface area contributed by atoms with Crippen LogP contribution in [0.4, 0.5) is 0 Å². The zero-order chi connectivity index (χ0) is 20.3. The van der Waals surface area contributed by atoms with Crippen molar-refractivity contribution in [1.29, 1.82) is 0 Å². The van der Waals surface area contributed by atoms with Gasteiger partial charge in [0, 0.05) is 24.4 Å². The lowest BCUT2D eigenvalue weighted by Crippen LogP contribution is -2.25. The molecule has 0 bridgehead atoms. The van der Waals surface area contributed by atoms with Gasteiger partial charge in [-0.15, -0.1) is 5.10 Å². The van der Waals surface area contributed by atoms with Crippen LogP contribution in [-0.2, 0) is 16.2 Å². The van der Waals surface area contributed by atoms with Gasteiger partial charge in [-0.05, 0) is 30.7 Å². The topological polar surface area (TPSA) is 71.0 Å². The fourth-order valence-corrected chi connectivity index (χ4v) is 3.99. The molecule has 1 aliphatic rings. The molecule has 1 atom stereocenters. The van der Waals surface area contributed by atoms with Crippen LogP contribution in [0.15, 0.2) is 47.6 Å². The van der Waals surface area contributed by atoms with Crippen LogP contribution in [0, 0.1) is 6.92 Å². The Morgan fingerprint density at radius 3 is 2.57 bits per heavy atom. The summed E-state index contributed by atoms with van der Waals surface area (Å²) in [5, 5.41) is 8.57. The Bertz CT molecular complexity index is 931. The molecule has 1 heterocycles. The van der Waals surface area contributed by atoms with Gasteiger partial charge in [-0.3, -0.25) is 9.59 Å². The van der Waals surface area contributed by atoms with Crippen molar-refractivity contribution in [2.24, 2.45) is 5.10 Å². The quantitative estimate of drug-likeness (QED) is 0.808. The average molecular weight is 418 g/mol. The smallest absolute Gasteiger partial charge is 0.241 e. The molecule has 2 amide bonds. The number of rotatable bonds is 4. The number of ether oxygens (including phenoxy) is 1. The first kappa shape index (κ1) is 20.2. The van der Waals surface area contributed by atoms with E-state index in [0.29, 0.717) is 28.1 Å². The minimum atomic E-state index is -0.480. The molecular weight excluding hydrogens is 398 g/mol. The zero-order valence-corrected chi connectivity index (χ0v) is 17.3. The lowest BCUT2D eigenvalue weighted by atomic mass is 10.1. The standard InChI is InChI=1S/C20H20ClN3O3S/c1-12-4-6-15(7-5-12)11-27-18-9-8-16(21)10-17(18)19-24(14(3)26)23-20(28-19)22-13(2)25/h4-10,19H,11H2,1-3H3,(H,22,23,25)/t19-/m0/s1. The van der Waals surface area contributed by atoms with Crippen molar-refractivity contribution in [3.05, 3.63) is 64.2 Å².